The van der Waals surface area contributed by atoms with E-state index in [1.807, 2.05) is 9.80 Å². The fourth-order valence-corrected chi connectivity index (χ4v) is 4.09. The summed E-state index contributed by atoms with van der Waals surface area (Å²) in [6.45, 7) is 5.87. The summed E-state index contributed by atoms with van der Waals surface area (Å²) in [6.07, 6.45) is 4.71. The second kappa shape index (κ2) is 6.19. The molecule has 5 heteroatoms. The predicted molar refractivity (Wildman–Crippen MR) is 83.2 cm³/mol. The van der Waals surface area contributed by atoms with Crippen molar-refractivity contribution in [3.63, 3.8) is 0 Å². The quantitative estimate of drug-likeness (QED) is 0.791. The first kappa shape index (κ1) is 15.8. The van der Waals surface area contributed by atoms with Gasteiger partial charge in [0, 0.05) is 39.2 Å². The van der Waals surface area contributed by atoms with Gasteiger partial charge in [-0.15, -0.1) is 0 Å². The van der Waals surface area contributed by atoms with E-state index in [0.29, 0.717) is 30.9 Å². The van der Waals surface area contributed by atoms with Crippen LogP contribution in [0, 0.1) is 17.3 Å². The maximum absolute atomic E-state index is 12.8. The van der Waals surface area contributed by atoms with Gasteiger partial charge in [0.25, 0.3) is 0 Å². The van der Waals surface area contributed by atoms with Gasteiger partial charge < -0.3 is 14.5 Å². The molecule has 0 aromatic carbocycles. The van der Waals surface area contributed by atoms with Gasteiger partial charge in [0.2, 0.25) is 11.8 Å². The Morgan fingerprint density at radius 1 is 1.27 bits per heavy atom. The van der Waals surface area contributed by atoms with Gasteiger partial charge >= 0.3 is 0 Å². The van der Waals surface area contributed by atoms with Crippen LogP contribution in [0.15, 0.2) is 0 Å². The fraction of sp³-hybridized carbons (Fsp3) is 0.882. The van der Waals surface area contributed by atoms with Gasteiger partial charge in [-0.25, -0.2) is 0 Å². The van der Waals surface area contributed by atoms with Gasteiger partial charge in [-0.2, -0.15) is 0 Å². The Morgan fingerprint density at radius 2 is 2.00 bits per heavy atom. The van der Waals surface area contributed by atoms with E-state index < -0.39 is 0 Å². The molecule has 1 aliphatic carbocycles. The van der Waals surface area contributed by atoms with Crippen molar-refractivity contribution in [3.8, 4) is 0 Å². The molecule has 0 radical (unpaired) electrons. The molecule has 0 bridgehead atoms. The number of hydrogen-bond donors (Lipinski definition) is 0. The molecule has 0 aromatic rings. The molecule has 22 heavy (non-hydrogen) atoms. The summed E-state index contributed by atoms with van der Waals surface area (Å²) < 4.78 is 5.10. The highest BCUT2D eigenvalue weighted by Gasteiger charge is 2.48. The van der Waals surface area contributed by atoms with Crippen LogP contribution < -0.4 is 0 Å². The van der Waals surface area contributed by atoms with E-state index in [9.17, 15) is 9.59 Å². The van der Waals surface area contributed by atoms with Gasteiger partial charge in [-0.1, -0.05) is 6.92 Å². The van der Waals surface area contributed by atoms with Crippen molar-refractivity contribution in [2.75, 3.05) is 39.9 Å². The van der Waals surface area contributed by atoms with E-state index >= 15 is 0 Å². The van der Waals surface area contributed by atoms with Crippen molar-refractivity contribution in [1.82, 2.24) is 9.80 Å². The summed E-state index contributed by atoms with van der Waals surface area (Å²) >= 11 is 0. The normalized spacial score (nSPS) is 35.1. The minimum Gasteiger partial charge on any atom is -0.383 e. The largest absolute Gasteiger partial charge is 0.383 e. The summed E-state index contributed by atoms with van der Waals surface area (Å²) in [6, 6.07) is 0. The molecule has 1 saturated carbocycles. The first-order valence-electron chi connectivity index (χ1n) is 8.64. The number of ether oxygens (including phenoxy) is 1. The maximum atomic E-state index is 12.8. The smallest absolute Gasteiger partial charge is 0.229 e. The average Bonchev–Trinajstić information content (AvgIpc) is 3.21. The summed E-state index contributed by atoms with van der Waals surface area (Å²) in [4.78, 5) is 29.2. The third kappa shape index (κ3) is 2.87. The lowest BCUT2D eigenvalue weighted by atomic mass is 9.79. The van der Waals surface area contributed by atoms with E-state index in [1.54, 1.807) is 7.11 Å². The summed E-state index contributed by atoms with van der Waals surface area (Å²) in [5.74, 6) is 1.43. The number of likely N-dealkylation sites (tertiary alicyclic amines) is 2. The maximum Gasteiger partial charge on any atom is 0.229 e. The molecular weight excluding hydrogens is 280 g/mol. The lowest BCUT2D eigenvalue weighted by Crippen LogP contribution is -2.38. The molecule has 3 rings (SSSR count). The lowest BCUT2D eigenvalue weighted by molar-refractivity contribution is -0.138. The summed E-state index contributed by atoms with van der Waals surface area (Å²) in [7, 11) is 1.67. The Morgan fingerprint density at radius 3 is 2.68 bits per heavy atom. The monoisotopic (exact) mass is 308 g/mol. The number of hydrogen-bond acceptors (Lipinski definition) is 3. The second-order valence-corrected chi connectivity index (χ2v) is 7.31. The Bertz CT molecular complexity index is 453. The SMILES string of the molecule is COCCN1CC[C@]2(CCCN(C(=O)[C@H]3C[C@@H]3C)CC2)C1=O. The van der Waals surface area contributed by atoms with Crippen LogP contribution in [-0.4, -0.2) is 61.5 Å². The molecule has 2 saturated heterocycles. The minimum absolute atomic E-state index is 0.210. The van der Waals surface area contributed by atoms with Crippen molar-refractivity contribution in [2.24, 2.45) is 17.3 Å². The van der Waals surface area contributed by atoms with Crippen molar-refractivity contribution in [2.45, 2.75) is 39.0 Å². The molecule has 0 unspecified atom stereocenters. The van der Waals surface area contributed by atoms with Crippen LogP contribution in [0.2, 0.25) is 0 Å². The molecule has 3 fully saturated rings. The van der Waals surface area contributed by atoms with Crippen LogP contribution in [0.25, 0.3) is 0 Å². The molecule has 2 amide bonds. The number of amides is 2. The van der Waals surface area contributed by atoms with Crippen molar-refractivity contribution >= 4 is 11.8 Å². The van der Waals surface area contributed by atoms with Crippen LogP contribution >= 0.6 is 0 Å². The topological polar surface area (TPSA) is 49.9 Å². The second-order valence-electron chi connectivity index (χ2n) is 7.31. The number of rotatable bonds is 4. The molecule has 2 aliphatic heterocycles. The van der Waals surface area contributed by atoms with Crippen LogP contribution in [-0.2, 0) is 14.3 Å². The Balaban J connectivity index is 1.60. The Hall–Kier alpha value is -1.10. The molecule has 0 aromatic heterocycles. The van der Waals surface area contributed by atoms with Gasteiger partial charge in [-0.05, 0) is 38.0 Å². The molecule has 5 nitrogen and oxygen atoms in total. The molecule has 0 N–H and O–H groups in total. The van der Waals surface area contributed by atoms with E-state index in [-0.39, 0.29) is 11.3 Å². The van der Waals surface area contributed by atoms with Gasteiger partial charge in [0.1, 0.15) is 0 Å². The predicted octanol–water partition coefficient (Wildman–Crippen LogP) is 1.52. The van der Waals surface area contributed by atoms with E-state index in [2.05, 4.69) is 6.92 Å². The van der Waals surface area contributed by atoms with Crippen molar-refractivity contribution < 1.29 is 14.3 Å². The number of nitrogens with zero attached hydrogens (tertiary/aromatic N) is 2. The molecule has 3 aliphatic rings. The van der Waals surface area contributed by atoms with Gasteiger partial charge in [0.15, 0.2) is 0 Å². The van der Waals surface area contributed by atoms with Gasteiger partial charge in [-0.3, -0.25) is 9.59 Å². The number of carbonyl (C=O) groups is 2. The Kier molecular flexibility index (Phi) is 4.44. The highest BCUT2D eigenvalue weighted by atomic mass is 16.5. The third-order valence-corrected chi connectivity index (χ3v) is 5.85. The zero-order valence-electron chi connectivity index (χ0n) is 13.8. The van der Waals surface area contributed by atoms with Crippen LogP contribution in [0.5, 0.6) is 0 Å². The number of methoxy groups -OCH3 is 1. The molecule has 3 atom stereocenters. The van der Waals surface area contributed by atoms with Crippen LogP contribution in [0.1, 0.15) is 39.0 Å². The highest BCUT2D eigenvalue weighted by molar-refractivity contribution is 5.85. The Labute approximate surface area is 133 Å². The molecule has 1 spiro atoms. The van der Waals surface area contributed by atoms with Crippen molar-refractivity contribution in [3.05, 3.63) is 0 Å². The first-order valence-corrected chi connectivity index (χ1v) is 8.64. The van der Waals surface area contributed by atoms with Gasteiger partial charge in [0.05, 0.1) is 12.0 Å². The minimum atomic E-state index is -0.210. The van der Waals surface area contributed by atoms with Crippen LogP contribution in [0.3, 0.4) is 0 Å². The first-order chi connectivity index (χ1) is 10.6. The van der Waals surface area contributed by atoms with Crippen molar-refractivity contribution in [1.29, 1.82) is 0 Å². The van der Waals surface area contributed by atoms with E-state index in [1.165, 1.54) is 0 Å². The summed E-state index contributed by atoms with van der Waals surface area (Å²) in [5, 5.41) is 0. The highest BCUT2D eigenvalue weighted by Crippen LogP contribution is 2.43. The van der Waals surface area contributed by atoms with Crippen LogP contribution in [0.4, 0.5) is 0 Å². The zero-order chi connectivity index (χ0) is 15.7. The molecule has 2 heterocycles. The lowest BCUT2D eigenvalue weighted by Gasteiger charge is -2.26. The van der Waals surface area contributed by atoms with E-state index in [4.69, 9.17) is 4.74 Å². The molecular formula is C17H28N2O3. The average molecular weight is 308 g/mol. The van der Waals surface area contributed by atoms with E-state index in [0.717, 1.165) is 51.7 Å². The fourth-order valence-electron chi connectivity index (χ4n) is 4.09. The summed E-state index contributed by atoms with van der Waals surface area (Å²) in [5.41, 5.74) is -0.210. The molecule has 124 valence electrons. The number of carbonyl (C=O) groups excluding carboxylic acids is 2. The third-order valence-electron chi connectivity index (χ3n) is 5.85. The zero-order valence-corrected chi connectivity index (χ0v) is 13.8. The standard InChI is InChI=1S/C17H28N2O3/c1-13-12-14(13)15(20)18-7-3-4-17(5-8-18)6-9-19(16(17)21)10-11-22-2/h13-14H,3-12H2,1-2H3/t13-,14-,17+/m0/s1.